The van der Waals surface area contributed by atoms with Crippen LogP contribution < -0.4 is 24.3 Å². The largest absolute Gasteiger partial charge is 0.504 e. The Morgan fingerprint density at radius 3 is 2.64 bits per heavy atom. The topological polar surface area (TPSA) is 164 Å². The highest BCUT2D eigenvalue weighted by Gasteiger charge is 2.64. The summed E-state index contributed by atoms with van der Waals surface area (Å²) in [5, 5.41) is 29.6. The zero-order valence-electron chi connectivity index (χ0n) is 34.3. The van der Waals surface area contributed by atoms with E-state index in [2.05, 4.69) is 26.2 Å². The number of esters is 2. The number of aromatic nitrogens is 1. The molecular formula is C44H50N4O10S. The maximum Gasteiger partial charge on any atom is 0.333 e. The minimum absolute atomic E-state index is 0.0215. The lowest BCUT2D eigenvalue weighted by Crippen LogP contribution is -2.70. The number of carbonyl (C=O) groups is 2. The van der Waals surface area contributed by atoms with E-state index in [4.69, 9.17) is 28.4 Å². The van der Waals surface area contributed by atoms with Crippen LogP contribution in [0.2, 0.25) is 0 Å². The van der Waals surface area contributed by atoms with Crippen molar-refractivity contribution in [2.75, 3.05) is 46.5 Å². The summed E-state index contributed by atoms with van der Waals surface area (Å²) in [5.41, 5.74) is 4.01. The van der Waals surface area contributed by atoms with Gasteiger partial charge in [-0.25, -0.2) is 4.79 Å². The third kappa shape index (κ3) is 5.58. The second kappa shape index (κ2) is 13.8. The number of piperazine rings is 1. The van der Waals surface area contributed by atoms with E-state index in [-0.39, 0.29) is 50.0 Å². The predicted molar refractivity (Wildman–Crippen MR) is 218 cm³/mol. The van der Waals surface area contributed by atoms with E-state index < -0.39 is 46.6 Å². The number of likely N-dealkylation sites (N-methyl/N-ethyl adjacent to an activating group) is 1. The Kier molecular flexibility index (Phi) is 9.02. The van der Waals surface area contributed by atoms with Crippen LogP contribution in [0.4, 0.5) is 0 Å². The van der Waals surface area contributed by atoms with Crippen LogP contribution in [0.15, 0.2) is 30.3 Å². The van der Waals surface area contributed by atoms with Gasteiger partial charge in [0.05, 0.1) is 42.8 Å². The van der Waals surface area contributed by atoms with Crippen LogP contribution in [-0.2, 0) is 37.4 Å². The number of methoxy groups -OCH3 is 1. The number of rotatable bonds is 5. The molecule has 15 heteroatoms. The number of para-hydroxylation sites is 1. The molecule has 8 aliphatic rings. The third-order valence-corrected chi connectivity index (χ3v) is 14.7. The van der Waals surface area contributed by atoms with Crippen molar-refractivity contribution in [1.82, 2.24) is 20.1 Å². The highest BCUT2D eigenvalue weighted by Crippen LogP contribution is 2.65. The third-order valence-electron chi connectivity index (χ3n) is 13.2. The molecule has 3 aromatic carbocycles. The first-order valence-electron chi connectivity index (χ1n) is 20.3. The summed E-state index contributed by atoms with van der Waals surface area (Å²) in [5.74, 6) is 0.901. The molecule has 0 aliphatic carbocycles. The Hall–Kier alpha value is -4.51. The summed E-state index contributed by atoms with van der Waals surface area (Å²) in [6.45, 7) is 9.48. The number of fused-ring (bicyclic) bond motifs is 8. The summed E-state index contributed by atoms with van der Waals surface area (Å²) in [7, 11) is 3.51. The highest BCUT2D eigenvalue weighted by atomic mass is 32.2. The molecule has 0 amide bonds. The van der Waals surface area contributed by atoms with Gasteiger partial charge >= 0.3 is 11.9 Å². The molecule has 312 valence electrons. The van der Waals surface area contributed by atoms with Gasteiger partial charge in [-0.3, -0.25) is 19.9 Å². The van der Waals surface area contributed by atoms with Crippen molar-refractivity contribution in [1.29, 1.82) is 0 Å². The minimum atomic E-state index is -1.51. The lowest BCUT2D eigenvalue weighted by atomic mass is 9.78. The highest BCUT2D eigenvalue weighted by molar-refractivity contribution is 7.99. The van der Waals surface area contributed by atoms with Crippen LogP contribution in [-0.4, -0.2) is 107 Å². The Morgan fingerprint density at radius 1 is 1.10 bits per heavy atom. The Bertz CT molecular complexity index is 2440. The number of aliphatic hydroxyl groups is 1. The molecule has 4 N–H and O–H groups in total. The van der Waals surface area contributed by atoms with Gasteiger partial charge in [-0.15, -0.1) is 11.8 Å². The summed E-state index contributed by atoms with van der Waals surface area (Å²) >= 11 is 1.53. The van der Waals surface area contributed by atoms with Crippen molar-refractivity contribution in [2.45, 2.75) is 94.2 Å². The molecule has 4 bridgehead atoms. The fourth-order valence-corrected chi connectivity index (χ4v) is 12.8. The van der Waals surface area contributed by atoms with Gasteiger partial charge in [0.25, 0.3) is 0 Å². The lowest BCUT2D eigenvalue weighted by Gasteiger charge is -2.60. The number of nitrogens with one attached hydrogen (secondary N) is 2. The molecule has 2 unspecified atom stereocenters. The molecule has 8 aliphatic heterocycles. The molecule has 1 spiro atoms. The number of hydrogen-bond donors (Lipinski definition) is 4. The fourth-order valence-electron chi connectivity index (χ4n) is 11.1. The van der Waals surface area contributed by atoms with Crippen molar-refractivity contribution in [3.8, 4) is 28.7 Å². The SMILES string of the molecule is COc1c(C)cc2c(c1O)[C@H]1[C@@H]3[C@@H]4SC[C@]5(N[C@@H](COC(C)C)Cc6c5[nH]c5ccccc65)C(=O)OC[C@@H](c5c6c(c(C)c(OC(C)=O)c54)OCO6)N3C(O)(C2)CN1C. The number of phenols is 1. The number of aryl methyl sites for hydroxylation is 1. The number of hydrogen-bond acceptors (Lipinski definition) is 14. The molecule has 0 saturated carbocycles. The molecule has 9 heterocycles. The van der Waals surface area contributed by atoms with Crippen LogP contribution in [0.1, 0.15) is 82.7 Å². The van der Waals surface area contributed by atoms with Gasteiger partial charge in [-0.1, -0.05) is 24.3 Å². The smallest absolute Gasteiger partial charge is 0.333 e. The number of phenolic OH excluding ortho intramolecular Hbond substituents is 1. The molecule has 59 heavy (non-hydrogen) atoms. The number of nitrogens with zero attached hydrogens (tertiary/aromatic N) is 2. The van der Waals surface area contributed by atoms with Crippen molar-refractivity contribution >= 4 is 34.6 Å². The fraction of sp³-hybridized carbons (Fsp3) is 0.500. The first kappa shape index (κ1) is 38.7. The summed E-state index contributed by atoms with van der Waals surface area (Å²) in [4.78, 5) is 36.1. The van der Waals surface area contributed by atoms with E-state index in [1.54, 1.807) is 7.11 Å². The molecular weight excluding hydrogens is 777 g/mol. The van der Waals surface area contributed by atoms with Gasteiger partial charge < -0.3 is 43.6 Å². The maximum absolute atomic E-state index is 15.3. The molecule has 1 aromatic heterocycles. The average Bonchev–Trinajstić information content (AvgIpc) is 3.78. The van der Waals surface area contributed by atoms with E-state index >= 15 is 4.79 Å². The maximum atomic E-state index is 15.3. The Labute approximate surface area is 346 Å². The molecule has 8 atom stereocenters. The number of thioether (sulfide) groups is 1. The Balaban J connectivity index is 1.23. The quantitative estimate of drug-likeness (QED) is 0.158. The zero-order valence-corrected chi connectivity index (χ0v) is 35.1. The van der Waals surface area contributed by atoms with Crippen LogP contribution in [0.5, 0.6) is 28.7 Å². The summed E-state index contributed by atoms with van der Waals surface area (Å²) in [6.07, 6.45) is 0.790. The molecule has 0 radical (unpaired) electrons. The van der Waals surface area contributed by atoms with Crippen LogP contribution in [0, 0.1) is 13.8 Å². The number of H-pyrrole nitrogens is 1. The monoisotopic (exact) mass is 826 g/mol. The number of carbonyl (C=O) groups excluding carboxylic acids is 2. The van der Waals surface area contributed by atoms with Crippen molar-refractivity contribution < 1.29 is 48.2 Å². The summed E-state index contributed by atoms with van der Waals surface area (Å²) in [6, 6.07) is 8.00. The molecule has 2 saturated heterocycles. The molecule has 4 aromatic rings. The summed E-state index contributed by atoms with van der Waals surface area (Å²) < 4.78 is 37.2. The van der Waals surface area contributed by atoms with Gasteiger partial charge in [0.2, 0.25) is 6.79 Å². The van der Waals surface area contributed by atoms with Gasteiger partial charge in [0.15, 0.2) is 28.5 Å². The van der Waals surface area contributed by atoms with E-state index in [0.717, 1.165) is 33.3 Å². The van der Waals surface area contributed by atoms with Gasteiger partial charge in [0, 0.05) is 70.9 Å². The molecule has 12 rings (SSSR count). The molecule has 2 fully saturated rings. The number of benzene rings is 3. The average molecular weight is 827 g/mol. The Morgan fingerprint density at radius 2 is 1.88 bits per heavy atom. The first-order valence-corrected chi connectivity index (χ1v) is 21.3. The second-order valence-corrected chi connectivity index (χ2v) is 18.3. The molecule has 14 nitrogen and oxygen atoms in total. The van der Waals surface area contributed by atoms with Gasteiger partial charge in [-0.2, -0.15) is 0 Å². The van der Waals surface area contributed by atoms with Crippen LogP contribution in [0.25, 0.3) is 10.9 Å². The van der Waals surface area contributed by atoms with E-state index in [9.17, 15) is 15.0 Å². The zero-order chi connectivity index (χ0) is 41.3. The standard InChI is InChI=1S/C44H50N4O10S/c1-20(2)54-15-25-13-27-26-10-8-9-11-28(26)45-41(27)44(46-25)18-59-40-32-31(39-38(56-19-57-39)22(4)37(32)58-23(5)49)29(16-55-42(44)51)48-34(40)33-30-24(14-43(48,52)17-47(33)6)12-21(3)36(53-7)35(30)50/h8-12,20,25,29,33-34,40,45-46,50,52H,13-19H2,1-7H3/t25-,29+,33+,34-,40-,43?,44-/m1/s1. The van der Waals surface area contributed by atoms with Crippen LogP contribution in [0.3, 0.4) is 0 Å². The number of aromatic amines is 1. The van der Waals surface area contributed by atoms with Crippen molar-refractivity contribution in [3.05, 3.63) is 75.0 Å². The second-order valence-electron chi connectivity index (χ2n) is 17.2. The van der Waals surface area contributed by atoms with E-state index in [1.165, 1.54) is 18.7 Å². The first-order chi connectivity index (χ1) is 28.3. The van der Waals surface area contributed by atoms with Crippen molar-refractivity contribution in [3.63, 3.8) is 0 Å². The normalized spacial score (nSPS) is 30.4. The number of ether oxygens (including phenoxy) is 6. The van der Waals surface area contributed by atoms with E-state index in [1.807, 2.05) is 59.0 Å². The van der Waals surface area contributed by atoms with E-state index in [0.29, 0.717) is 58.3 Å². The van der Waals surface area contributed by atoms with Crippen molar-refractivity contribution in [2.24, 2.45) is 0 Å². The number of aromatic hydroxyl groups is 1. The minimum Gasteiger partial charge on any atom is -0.504 e. The van der Waals surface area contributed by atoms with Gasteiger partial charge in [-0.05, 0) is 63.9 Å². The van der Waals surface area contributed by atoms with Crippen LogP contribution >= 0.6 is 11.8 Å². The predicted octanol–water partition coefficient (Wildman–Crippen LogP) is 4.98. The van der Waals surface area contributed by atoms with Gasteiger partial charge in [0.1, 0.15) is 18.1 Å². The lowest BCUT2D eigenvalue weighted by molar-refractivity contribution is -0.215.